The summed E-state index contributed by atoms with van der Waals surface area (Å²) in [6, 6.07) is -7.94. The Bertz CT molecular complexity index is 5090. The maximum Gasteiger partial charge on any atom is 0.266 e. The molecular weight excluding hydrogens is 976 g/mol. The van der Waals surface area contributed by atoms with E-state index in [9.17, 15) is 28.8 Å². The smallest absolute Gasteiger partial charge is 0.266 e. The summed E-state index contributed by atoms with van der Waals surface area (Å²) in [7, 11) is 0. The molecule has 2 aromatic heterocycles. The van der Waals surface area contributed by atoms with Crippen molar-refractivity contribution in [2.24, 2.45) is 0 Å². The highest BCUT2D eigenvalue weighted by molar-refractivity contribution is 7.33. The topological polar surface area (TPSA) is 22.6 Å². The molecule has 9 aromatic rings. The molecule has 0 atom stereocenters. The highest BCUT2D eigenvalue weighted by atomic mass is 32.1. The van der Waals surface area contributed by atoms with Gasteiger partial charge in [-0.2, -0.15) is 0 Å². The molecular formula is C73H79BN4S. The number of hydrogen-bond acceptors (Lipinski definition) is 5. The van der Waals surface area contributed by atoms with Crippen LogP contribution in [0, 0.1) is 0 Å². The van der Waals surface area contributed by atoms with E-state index >= 15 is 0 Å². The fourth-order valence-corrected chi connectivity index (χ4v) is 12.2. The van der Waals surface area contributed by atoms with Gasteiger partial charge in [0.15, 0.2) is 0 Å². The largest absolute Gasteiger partial charge is 0.310 e. The molecule has 12 rings (SSSR count). The third-order valence-electron chi connectivity index (χ3n) is 15.7. The normalized spacial score (nSPS) is 19.7. The van der Waals surface area contributed by atoms with Crippen LogP contribution in [0.1, 0.15) is 189 Å². The molecule has 400 valence electrons. The van der Waals surface area contributed by atoms with E-state index in [0.717, 1.165) is 40.2 Å². The van der Waals surface area contributed by atoms with Gasteiger partial charge in [0.05, 0.1) is 42.9 Å². The fourth-order valence-electron chi connectivity index (χ4n) is 11.0. The molecule has 1 aliphatic carbocycles. The summed E-state index contributed by atoms with van der Waals surface area (Å²) >= 11 is 1.05. The van der Waals surface area contributed by atoms with Crippen molar-refractivity contribution in [3.63, 3.8) is 0 Å². The molecule has 3 aliphatic rings. The Morgan fingerprint density at radius 2 is 1.08 bits per heavy atom. The highest BCUT2D eigenvalue weighted by Crippen LogP contribution is 2.54. The summed E-state index contributed by atoms with van der Waals surface area (Å²) in [5.74, 6) is -0.984. The molecule has 0 saturated heterocycles. The molecule has 0 amide bonds. The lowest BCUT2D eigenvalue weighted by atomic mass is 9.36. The molecule has 79 heavy (non-hydrogen) atoms. The monoisotopic (exact) mass is 1080 g/mol. The van der Waals surface area contributed by atoms with Crippen molar-refractivity contribution >= 4 is 95.3 Å². The maximum atomic E-state index is 10.9. The highest BCUT2D eigenvalue weighted by Gasteiger charge is 2.48. The summed E-state index contributed by atoms with van der Waals surface area (Å²) in [5.41, 5.74) is -5.77. The lowest BCUT2D eigenvalue weighted by molar-refractivity contribution is 0.332. The van der Waals surface area contributed by atoms with Crippen LogP contribution in [0.2, 0.25) is 0 Å². The molecule has 7 aromatic carbocycles. The van der Waals surface area contributed by atoms with Gasteiger partial charge in [0.25, 0.3) is 6.71 Å². The lowest BCUT2D eigenvalue weighted by Crippen LogP contribution is -2.61. The number of aromatic nitrogens is 1. The average molecular weight is 1080 g/mol. The first-order chi connectivity index (χ1) is 46.8. The zero-order chi connectivity index (χ0) is 75.9. The van der Waals surface area contributed by atoms with E-state index in [1.807, 2.05) is 39.0 Å². The third-order valence-corrected chi connectivity index (χ3v) is 16.8. The zero-order valence-corrected chi connectivity index (χ0v) is 48.8. The second-order valence-corrected chi connectivity index (χ2v) is 27.7. The Kier molecular flexibility index (Phi) is 7.51. The van der Waals surface area contributed by atoms with Crippen LogP contribution in [-0.4, -0.2) is 11.7 Å². The molecule has 4 nitrogen and oxygen atoms in total. The van der Waals surface area contributed by atoms with Crippen LogP contribution in [0.5, 0.6) is 0 Å². The van der Waals surface area contributed by atoms with Gasteiger partial charge in [-0.15, -0.1) is 11.3 Å². The van der Waals surface area contributed by atoms with Crippen LogP contribution in [0.15, 0.2) is 163 Å². The molecule has 0 bridgehead atoms. The van der Waals surface area contributed by atoms with Crippen LogP contribution in [0.4, 0.5) is 51.4 Å². The Hall–Kier alpha value is -6.89. The predicted octanol–water partition coefficient (Wildman–Crippen LogP) is 19.1. The van der Waals surface area contributed by atoms with E-state index in [-0.39, 0.29) is 89.9 Å². The van der Waals surface area contributed by atoms with Crippen molar-refractivity contribution in [2.45, 2.75) is 156 Å². The minimum Gasteiger partial charge on any atom is -0.310 e. The molecule has 0 saturated carbocycles. The van der Waals surface area contributed by atoms with Crippen molar-refractivity contribution in [3.05, 3.63) is 197 Å². The van der Waals surface area contributed by atoms with Gasteiger partial charge in [-0.05, 0) is 162 Å². The second-order valence-electron chi connectivity index (χ2n) is 26.6. The number of rotatable bonds is 6. The quantitative estimate of drug-likeness (QED) is 0.155. The van der Waals surface area contributed by atoms with E-state index in [2.05, 4.69) is 27.7 Å². The number of thiophene rings is 1. The SMILES string of the molecule is [2H]c1c([2H])c([2H])c(N(c2cc3c4c(n2)N(c2c([2H])c([2H])c(C(C)(C)C)c([2H])c2-c2c([2H])c([2H])c(C(C)(C)C)c([2H])c2[2H])c2c([2H])c([2H])c(C(C)(C)C)c([2H])c2B4c2sc4c([2H])c([2H])c(C(C)(C)C)c([2H])c4c2N3c2ccc3c(c2)C(C)(C)CCC3(C)C)c2c([2H])c([2H])c([2H])c([2H])c2[2H])c([2H])c1[2H]. The summed E-state index contributed by atoms with van der Waals surface area (Å²) in [6.45, 7) is 28.2. The number of anilines is 9. The van der Waals surface area contributed by atoms with Gasteiger partial charge in [-0.25, -0.2) is 4.98 Å². The number of benzene rings is 7. The van der Waals surface area contributed by atoms with Gasteiger partial charge < -0.3 is 4.90 Å². The van der Waals surface area contributed by atoms with Gasteiger partial charge >= 0.3 is 0 Å². The lowest BCUT2D eigenvalue weighted by Gasteiger charge is -2.45. The van der Waals surface area contributed by atoms with Crippen LogP contribution >= 0.6 is 11.3 Å². The second kappa shape index (κ2) is 18.3. The van der Waals surface area contributed by atoms with Crippen molar-refractivity contribution in [1.29, 1.82) is 0 Å². The summed E-state index contributed by atoms with van der Waals surface area (Å²) < 4.78 is 227. The molecule has 0 radical (unpaired) electrons. The Labute approximate surface area is 509 Å². The van der Waals surface area contributed by atoms with Gasteiger partial charge in [-0.1, -0.05) is 201 Å². The Morgan fingerprint density at radius 3 is 1.67 bits per heavy atom. The van der Waals surface area contributed by atoms with Crippen LogP contribution in [-0.2, 0) is 32.5 Å². The first-order valence-electron chi connectivity index (χ1n) is 38.5. The Balaban J connectivity index is 1.44. The summed E-state index contributed by atoms with van der Waals surface area (Å²) in [5, 5.41) is 0.180. The number of para-hydroxylation sites is 2. The summed E-state index contributed by atoms with van der Waals surface area (Å²) in [4.78, 5) is 9.32. The fraction of sp³-hybridized carbons (Fsp3) is 0.329. The van der Waals surface area contributed by atoms with Crippen LogP contribution in [0.25, 0.3) is 21.2 Å². The van der Waals surface area contributed by atoms with E-state index in [1.54, 1.807) is 67.2 Å². The predicted molar refractivity (Wildman–Crippen MR) is 344 cm³/mol. The first-order valence-corrected chi connectivity index (χ1v) is 27.8. The van der Waals surface area contributed by atoms with Gasteiger partial charge in [-0.3, -0.25) is 9.80 Å². The third kappa shape index (κ3) is 9.02. The van der Waals surface area contributed by atoms with Crippen molar-refractivity contribution < 1.29 is 31.5 Å². The molecule has 6 heteroatoms. The number of hydrogen-bond donors (Lipinski definition) is 0. The van der Waals surface area contributed by atoms with Gasteiger partial charge in [0.2, 0.25) is 0 Å². The maximum absolute atomic E-state index is 10.9. The van der Waals surface area contributed by atoms with E-state index < -0.39 is 188 Å². The van der Waals surface area contributed by atoms with Gasteiger partial charge in [0, 0.05) is 54.9 Å². The van der Waals surface area contributed by atoms with Crippen LogP contribution in [0.3, 0.4) is 0 Å². The van der Waals surface area contributed by atoms with Crippen molar-refractivity contribution in [2.75, 3.05) is 14.7 Å². The number of pyridine rings is 1. The molecule has 2 aliphatic heterocycles. The van der Waals surface area contributed by atoms with Crippen molar-refractivity contribution in [3.8, 4) is 11.1 Å². The number of fused-ring (bicyclic) bond motifs is 7. The standard InChI is InChI=1S/C73H79BN4S/c1-68(2,3)47-29-27-46(28-30-47)54-41-48(69(4,5)6)31-36-59(54)78-60-37-32-50(71(10,11)12)43-58(60)74-64-61(45-63(75-67(64)78)76(51-23-19-17-20-24-51)52-25-21-18-22-26-52)77(53-34-35-56-57(44-53)73(15,16)40-39-72(56,13)14)65-55-42-49(70(7,8)9)33-38-62(55)79-66(65)74/h17-38,41-45H,39-40H2,1-16H3/i17D,18D,19D,20D,21D,22D,23D,24D,25D,26D,27D,28D,29D,30D,31D,32D,33D,36D,37D,38D,41D,42D,43D. The van der Waals surface area contributed by atoms with Gasteiger partial charge in [0.1, 0.15) is 11.6 Å². The average Bonchev–Trinajstić information content (AvgIpc) is 1.18. The Morgan fingerprint density at radius 1 is 0.544 bits per heavy atom. The molecule has 0 spiro atoms. The minimum atomic E-state index is -1.42. The first kappa shape index (κ1) is 32.4. The van der Waals surface area contributed by atoms with E-state index in [0.29, 0.717) is 10.5 Å². The van der Waals surface area contributed by atoms with Crippen LogP contribution < -0.4 is 30.4 Å². The minimum absolute atomic E-state index is 0.0108. The number of nitrogens with zero attached hydrogens (tertiary/aromatic N) is 4. The molecule has 4 heterocycles. The molecule has 0 N–H and O–H groups in total. The zero-order valence-electron chi connectivity index (χ0n) is 71.0. The van der Waals surface area contributed by atoms with E-state index in [4.69, 9.17) is 7.73 Å². The summed E-state index contributed by atoms with van der Waals surface area (Å²) in [6.07, 6.45) is 1.55. The van der Waals surface area contributed by atoms with Crippen molar-refractivity contribution in [1.82, 2.24) is 4.98 Å². The molecule has 0 unspecified atom stereocenters. The van der Waals surface area contributed by atoms with E-state index in [1.165, 1.54) is 11.0 Å². The molecule has 0 fully saturated rings.